The standard InChI is InChI=1S/C17H23ClN2O/c1-17(8-4-9-19-12-17)16(21)20-10-3-7-15(20)13-5-2-6-14(18)11-13/h2,5-6,11,15,19H,3-4,7-10,12H2,1H3. The number of hydrogen-bond acceptors (Lipinski definition) is 2. The number of halogens is 1. The normalized spacial score (nSPS) is 29.6. The highest BCUT2D eigenvalue weighted by atomic mass is 35.5. The number of rotatable bonds is 2. The lowest BCUT2D eigenvalue weighted by atomic mass is 9.81. The smallest absolute Gasteiger partial charge is 0.230 e. The third-order valence-corrected chi connectivity index (χ3v) is 5.10. The molecular formula is C17H23ClN2O. The van der Waals surface area contributed by atoms with Gasteiger partial charge in [0.15, 0.2) is 0 Å². The van der Waals surface area contributed by atoms with E-state index < -0.39 is 0 Å². The summed E-state index contributed by atoms with van der Waals surface area (Å²) in [6.07, 6.45) is 4.18. The Morgan fingerprint density at radius 3 is 3.00 bits per heavy atom. The number of piperidine rings is 1. The van der Waals surface area contributed by atoms with Gasteiger partial charge in [-0.3, -0.25) is 4.79 Å². The number of carbonyl (C=O) groups excluding carboxylic acids is 1. The van der Waals surface area contributed by atoms with Crippen molar-refractivity contribution in [2.24, 2.45) is 5.41 Å². The topological polar surface area (TPSA) is 32.3 Å². The van der Waals surface area contributed by atoms with Crippen LogP contribution in [0.2, 0.25) is 5.02 Å². The van der Waals surface area contributed by atoms with E-state index in [4.69, 9.17) is 11.6 Å². The van der Waals surface area contributed by atoms with Crippen LogP contribution >= 0.6 is 11.6 Å². The van der Waals surface area contributed by atoms with E-state index in [-0.39, 0.29) is 11.5 Å². The molecule has 114 valence electrons. The van der Waals surface area contributed by atoms with E-state index in [2.05, 4.69) is 23.2 Å². The van der Waals surface area contributed by atoms with Crippen LogP contribution in [0.3, 0.4) is 0 Å². The van der Waals surface area contributed by atoms with Crippen LogP contribution in [0.25, 0.3) is 0 Å². The third-order valence-electron chi connectivity index (χ3n) is 4.86. The molecule has 2 aliphatic rings. The van der Waals surface area contributed by atoms with Crippen LogP contribution in [-0.2, 0) is 4.79 Å². The van der Waals surface area contributed by atoms with Gasteiger partial charge in [-0.25, -0.2) is 0 Å². The molecule has 21 heavy (non-hydrogen) atoms. The van der Waals surface area contributed by atoms with Crippen molar-refractivity contribution in [1.29, 1.82) is 0 Å². The first-order valence-corrected chi connectivity index (χ1v) is 8.25. The second-order valence-corrected chi connectivity index (χ2v) is 6.99. The van der Waals surface area contributed by atoms with Crippen molar-refractivity contribution in [3.8, 4) is 0 Å². The minimum absolute atomic E-state index is 0.190. The van der Waals surface area contributed by atoms with Gasteiger partial charge in [-0.05, 0) is 56.8 Å². The maximum Gasteiger partial charge on any atom is 0.230 e. The van der Waals surface area contributed by atoms with Gasteiger partial charge >= 0.3 is 0 Å². The van der Waals surface area contributed by atoms with Crippen LogP contribution in [0.4, 0.5) is 0 Å². The summed E-state index contributed by atoms with van der Waals surface area (Å²) in [6.45, 7) is 4.80. The number of nitrogens with one attached hydrogen (secondary N) is 1. The maximum absolute atomic E-state index is 13.0. The first-order valence-electron chi connectivity index (χ1n) is 7.87. The number of likely N-dealkylation sites (tertiary alicyclic amines) is 1. The lowest BCUT2D eigenvalue weighted by molar-refractivity contribution is -0.143. The molecule has 2 unspecified atom stereocenters. The zero-order chi connectivity index (χ0) is 14.9. The van der Waals surface area contributed by atoms with E-state index in [1.54, 1.807) is 0 Å². The number of benzene rings is 1. The minimum atomic E-state index is -0.251. The molecule has 4 heteroatoms. The SMILES string of the molecule is CC1(C(=O)N2CCCC2c2cccc(Cl)c2)CCCNC1. The van der Waals surface area contributed by atoms with Gasteiger partial charge in [0.1, 0.15) is 0 Å². The average Bonchev–Trinajstić information content (AvgIpc) is 2.96. The van der Waals surface area contributed by atoms with E-state index in [1.807, 2.05) is 18.2 Å². The predicted molar refractivity (Wildman–Crippen MR) is 85.4 cm³/mol. The molecule has 2 atom stereocenters. The quantitative estimate of drug-likeness (QED) is 0.908. The van der Waals surface area contributed by atoms with Crippen molar-refractivity contribution in [2.75, 3.05) is 19.6 Å². The van der Waals surface area contributed by atoms with Crippen LogP contribution in [-0.4, -0.2) is 30.4 Å². The number of carbonyl (C=O) groups is 1. The number of nitrogens with zero attached hydrogens (tertiary/aromatic N) is 1. The predicted octanol–water partition coefficient (Wildman–Crippen LogP) is 3.39. The molecule has 0 aromatic heterocycles. The molecule has 3 nitrogen and oxygen atoms in total. The van der Waals surface area contributed by atoms with Gasteiger partial charge in [-0.2, -0.15) is 0 Å². The van der Waals surface area contributed by atoms with Crippen molar-refractivity contribution < 1.29 is 4.79 Å². The molecule has 1 amide bonds. The van der Waals surface area contributed by atoms with Crippen LogP contribution in [0, 0.1) is 5.41 Å². The average molecular weight is 307 g/mol. The molecule has 1 aromatic carbocycles. The Labute approximate surface area is 131 Å². The van der Waals surface area contributed by atoms with Crippen LogP contribution in [0.5, 0.6) is 0 Å². The largest absolute Gasteiger partial charge is 0.335 e. The molecule has 0 bridgehead atoms. The second-order valence-electron chi connectivity index (χ2n) is 6.55. The lowest BCUT2D eigenvalue weighted by Gasteiger charge is -2.38. The Hall–Kier alpha value is -1.06. The minimum Gasteiger partial charge on any atom is -0.335 e. The highest BCUT2D eigenvalue weighted by Crippen LogP contribution is 2.38. The molecule has 0 spiro atoms. The number of hydrogen-bond donors (Lipinski definition) is 1. The van der Waals surface area contributed by atoms with Gasteiger partial charge in [0.2, 0.25) is 5.91 Å². The zero-order valence-electron chi connectivity index (χ0n) is 12.6. The number of amides is 1. The molecule has 0 aliphatic carbocycles. The maximum atomic E-state index is 13.0. The van der Waals surface area contributed by atoms with Crippen molar-refractivity contribution in [1.82, 2.24) is 10.2 Å². The Morgan fingerprint density at radius 2 is 2.29 bits per heavy atom. The molecule has 3 rings (SSSR count). The van der Waals surface area contributed by atoms with Crippen molar-refractivity contribution in [2.45, 2.75) is 38.6 Å². The highest BCUT2D eigenvalue weighted by Gasteiger charge is 2.41. The first kappa shape index (κ1) is 14.9. The van der Waals surface area contributed by atoms with Gasteiger partial charge in [0.25, 0.3) is 0 Å². The molecule has 1 N–H and O–H groups in total. The van der Waals surface area contributed by atoms with Crippen LogP contribution < -0.4 is 5.32 Å². The first-order chi connectivity index (χ1) is 10.1. The highest BCUT2D eigenvalue weighted by molar-refractivity contribution is 6.30. The van der Waals surface area contributed by atoms with Gasteiger partial charge in [-0.1, -0.05) is 23.7 Å². The van der Waals surface area contributed by atoms with Crippen molar-refractivity contribution in [3.05, 3.63) is 34.9 Å². The van der Waals surface area contributed by atoms with Gasteiger partial charge in [-0.15, -0.1) is 0 Å². The Balaban J connectivity index is 1.82. The summed E-state index contributed by atoms with van der Waals surface area (Å²) in [5.74, 6) is 0.303. The third kappa shape index (κ3) is 2.95. The summed E-state index contributed by atoms with van der Waals surface area (Å²) in [6, 6.07) is 8.14. The van der Waals surface area contributed by atoms with E-state index >= 15 is 0 Å². The van der Waals surface area contributed by atoms with E-state index in [0.29, 0.717) is 5.91 Å². The Kier molecular flexibility index (Phi) is 4.23. The molecular weight excluding hydrogens is 284 g/mol. The zero-order valence-corrected chi connectivity index (χ0v) is 13.3. The molecule has 0 radical (unpaired) electrons. The summed E-state index contributed by atoms with van der Waals surface area (Å²) >= 11 is 6.11. The second kappa shape index (κ2) is 5.98. The van der Waals surface area contributed by atoms with E-state index in [0.717, 1.165) is 50.3 Å². The fraction of sp³-hybridized carbons (Fsp3) is 0.588. The summed E-state index contributed by atoms with van der Waals surface area (Å²) in [5.41, 5.74) is 0.917. The molecule has 2 saturated heterocycles. The van der Waals surface area contributed by atoms with Crippen molar-refractivity contribution >= 4 is 17.5 Å². The summed E-state index contributed by atoms with van der Waals surface area (Å²) in [7, 11) is 0. The van der Waals surface area contributed by atoms with E-state index in [1.165, 1.54) is 5.56 Å². The fourth-order valence-corrected chi connectivity index (χ4v) is 3.85. The summed E-state index contributed by atoms with van der Waals surface area (Å²) in [4.78, 5) is 15.1. The fourth-order valence-electron chi connectivity index (χ4n) is 3.66. The Morgan fingerprint density at radius 1 is 1.43 bits per heavy atom. The van der Waals surface area contributed by atoms with Gasteiger partial charge in [0.05, 0.1) is 11.5 Å². The molecule has 1 aromatic rings. The molecule has 0 saturated carbocycles. The van der Waals surface area contributed by atoms with Crippen LogP contribution in [0.1, 0.15) is 44.2 Å². The van der Waals surface area contributed by atoms with E-state index in [9.17, 15) is 4.79 Å². The van der Waals surface area contributed by atoms with Gasteiger partial charge in [0, 0.05) is 18.1 Å². The molecule has 2 heterocycles. The van der Waals surface area contributed by atoms with Gasteiger partial charge < -0.3 is 10.2 Å². The molecule has 2 fully saturated rings. The Bertz CT molecular complexity index is 525. The lowest BCUT2D eigenvalue weighted by Crippen LogP contribution is -2.50. The monoisotopic (exact) mass is 306 g/mol. The molecule has 2 aliphatic heterocycles. The summed E-state index contributed by atoms with van der Waals surface area (Å²) in [5, 5.41) is 4.12. The van der Waals surface area contributed by atoms with Crippen molar-refractivity contribution in [3.63, 3.8) is 0 Å². The summed E-state index contributed by atoms with van der Waals surface area (Å²) < 4.78 is 0. The van der Waals surface area contributed by atoms with Crippen LogP contribution in [0.15, 0.2) is 24.3 Å².